The second-order valence-corrected chi connectivity index (χ2v) is 18.6. The summed E-state index contributed by atoms with van der Waals surface area (Å²) in [5.41, 5.74) is -0.529. The van der Waals surface area contributed by atoms with Gasteiger partial charge in [-0.1, -0.05) is 66.7 Å². The third-order valence-electron chi connectivity index (χ3n) is 13.1. The zero-order valence-electron chi connectivity index (χ0n) is 37.7. The normalized spacial score (nSPS) is 19.3. The van der Waals surface area contributed by atoms with Gasteiger partial charge in [-0.15, -0.1) is 0 Å². The molecule has 8 rings (SSSR count). The van der Waals surface area contributed by atoms with Crippen molar-refractivity contribution in [3.8, 4) is 11.5 Å². The maximum Gasteiger partial charge on any atom is 0.416 e. The van der Waals surface area contributed by atoms with Crippen LogP contribution in [-0.2, 0) is 37.5 Å². The van der Waals surface area contributed by atoms with E-state index in [-0.39, 0.29) is 11.9 Å². The number of aliphatic carboxylic acids is 1. The van der Waals surface area contributed by atoms with Crippen LogP contribution in [0.3, 0.4) is 0 Å². The molecule has 2 aliphatic heterocycles. The number of nitrogens with one attached hydrogen (secondary N) is 1. The van der Waals surface area contributed by atoms with Gasteiger partial charge in [0.1, 0.15) is 11.5 Å². The number of carboxylic acids is 1. The van der Waals surface area contributed by atoms with Gasteiger partial charge in [-0.2, -0.15) is 26.3 Å². The van der Waals surface area contributed by atoms with E-state index in [4.69, 9.17) is 37.4 Å². The van der Waals surface area contributed by atoms with Gasteiger partial charge in [0.15, 0.2) is 0 Å². The zero-order chi connectivity index (χ0) is 49.4. The van der Waals surface area contributed by atoms with Crippen LogP contribution >= 0.6 is 32.3 Å². The molecule has 4 fully saturated rings. The number of hydrogen-bond acceptors (Lipinski definition) is 6. The van der Waals surface area contributed by atoms with Crippen molar-refractivity contribution in [2.45, 2.75) is 125 Å². The number of nitrogens with zero attached hydrogens (tertiary/aromatic N) is 1. The second-order valence-electron chi connectivity index (χ2n) is 17.4. The molecule has 0 spiro atoms. The monoisotopic (exact) mass is 1010 g/mol. The van der Waals surface area contributed by atoms with Crippen molar-refractivity contribution in [2.75, 3.05) is 26.3 Å². The van der Waals surface area contributed by atoms with Crippen LogP contribution in [0.15, 0.2) is 97.1 Å². The number of ether oxygens (including phenoxy) is 2. The number of hydrogen-bond donors (Lipinski definition) is 2. The number of amides is 1. The molecule has 18 heteroatoms. The van der Waals surface area contributed by atoms with Crippen molar-refractivity contribution in [3.63, 3.8) is 0 Å². The van der Waals surface area contributed by atoms with Gasteiger partial charge in [-0.05, 0) is 155 Å². The molecular formula is C50H58BCl2F6N2O6P. The molecule has 4 aliphatic rings. The summed E-state index contributed by atoms with van der Waals surface area (Å²) >= 11 is 11.8. The number of piperidine rings is 2. The van der Waals surface area contributed by atoms with Gasteiger partial charge in [0.05, 0.1) is 35.2 Å². The topological polar surface area (TPSA) is 105 Å². The molecule has 1 amide bonds. The van der Waals surface area contributed by atoms with Crippen LogP contribution in [0.5, 0.6) is 11.5 Å². The largest absolute Gasteiger partial charge is 0.494 e. The number of halogens is 8. The number of alkyl halides is 6. The Kier molecular flexibility index (Phi) is 20.6. The van der Waals surface area contributed by atoms with Crippen molar-refractivity contribution in [2.24, 2.45) is 0 Å². The van der Waals surface area contributed by atoms with E-state index in [0.29, 0.717) is 54.1 Å². The third kappa shape index (κ3) is 15.2. The minimum atomic E-state index is -4.36. The van der Waals surface area contributed by atoms with Crippen LogP contribution in [0.2, 0.25) is 10.0 Å². The molecule has 8 nitrogen and oxygen atoms in total. The molecule has 2 aliphatic carbocycles. The molecular weight excluding hydrogens is 951 g/mol. The molecule has 2 saturated carbocycles. The van der Waals surface area contributed by atoms with Crippen molar-refractivity contribution in [1.29, 1.82) is 0 Å². The van der Waals surface area contributed by atoms with Gasteiger partial charge < -0.3 is 24.8 Å². The molecule has 3 unspecified atom stereocenters. The fourth-order valence-corrected chi connectivity index (χ4v) is 9.23. The Hall–Kier alpha value is -4.17. The standard InChI is InChI=1S/C25H27ClF3NO2.C14H18F3NO.C11H11ClO2.BH2OP/c26-20-9-5-18(6-10-20)24(14-3-15-24)23(31)30-16-2-1-4-21(30)13-17-32-22-11-7-19(8-12-22)25(27,28)29;15-14(16,17)11-4-6-13(7-5-11)19-10-8-12-3-1-2-9-18-12;12-9-4-2-8(3-5-9)11(10(13)14)6-1-7-11;2-1-3/h5-12,21H,1-4,13-17H2;4-7,12,18H,1-3,8-10H2;2-5H,1,6-7H2,(H,13,14);3H2. The first-order valence-corrected chi connectivity index (χ1v) is 24.4. The van der Waals surface area contributed by atoms with Crippen LogP contribution in [0, 0.1) is 0 Å². The van der Waals surface area contributed by atoms with E-state index in [2.05, 4.69) is 5.32 Å². The Morgan fingerprint density at radius 1 is 0.662 bits per heavy atom. The first-order chi connectivity index (χ1) is 32.4. The van der Waals surface area contributed by atoms with Gasteiger partial charge in [0, 0.05) is 35.1 Å². The van der Waals surface area contributed by atoms with Gasteiger partial charge in [0.2, 0.25) is 5.91 Å². The summed E-state index contributed by atoms with van der Waals surface area (Å²) in [4.78, 5) is 26.9. The minimum Gasteiger partial charge on any atom is -0.494 e. The first kappa shape index (κ1) is 54.8. The van der Waals surface area contributed by atoms with Crippen molar-refractivity contribution in [3.05, 3.63) is 129 Å². The average molecular weight is 1010 g/mol. The molecule has 3 atom stereocenters. The molecule has 368 valence electrons. The number of carbonyl (C=O) groups excluding carboxylic acids is 1. The molecule has 4 aromatic carbocycles. The van der Waals surface area contributed by atoms with E-state index in [1.54, 1.807) is 12.1 Å². The van der Waals surface area contributed by atoms with Crippen LogP contribution in [-0.4, -0.2) is 67.1 Å². The zero-order valence-corrected chi connectivity index (χ0v) is 40.4. The SMILES string of the molecule is FC(F)(F)c1ccc(OCCC2CCCCN2)cc1.O=BP.O=C(N1CCCCC1CCOc1ccc(C(F)(F)F)cc1)C1(c2ccc(Cl)cc2)CCC1.O=C(O)C1(c2ccc(Cl)cc2)CCC1. The van der Waals surface area contributed by atoms with Gasteiger partial charge in [0.25, 0.3) is 0 Å². The summed E-state index contributed by atoms with van der Waals surface area (Å²) in [5.74, 6) is 0.364. The molecule has 2 N–H and O–H groups in total. The molecule has 0 radical (unpaired) electrons. The summed E-state index contributed by atoms with van der Waals surface area (Å²) in [7, 11) is 1.90. The van der Waals surface area contributed by atoms with Crippen molar-refractivity contribution >= 4 is 51.1 Å². The minimum absolute atomic E-state index is 0.0791. The summed E-state index contributed by atoms with van der Waals surface area (Å²) in [5, 5.41) is 13.9. The number of carbonyl (C=O) groups is 2. The average Bonchev–Trinajstić information content (AvgIpc) is 3.28. The van der Waals surface area contributed by atoms with Crippen molar-refractivity contribution < 1.29 is 55.2 Å². The predicted octanol–water partition coefficient (Wildman–Crippen LogP) is 12.9. The molecule has 0 aromatic heterocycles. The number of carboxylic acid groups (broad SMARTS) is 1. The number of rotatable bonds is 12. The maximum atomic E-state index is 13.7. The van der Waals surface area contributed by atoms with Crippen LogP contribution < -0.4 is 14.8 Å². The van der Waals surface area contributed by atoms with E-state index in [9.17, 15) is 41.0 Å². The smallest absolute Gasteiger partial charge is 0.416 e. The van der Waals surface area contributed by atoms with E-state index in [1.165, 1.54) is 37.1 Å². The van der Waals surface area contributed by atoms with E-state index in [0.717, 1.165) is 119 Å². The van der Waals surface area contributed by atoms with E-state index in [1.807, 2.05) is 50.4 Å². The van der Waals surface area contributed by atoms with E-state index < -0.39 is 40.3 Å². The fourth-order valence-electron chi connectivity index (χ4n) is 8.98. The van der Waals surface area contributed by atoms with Gasteiger partial charge in [-0.25, -0.2) is 0 Å². The Bertz CT molecular complexity index is 2190. The summed E-state index contributed by atoms with van der Waals surface area (Å²) in [6, 6.07) is 24.9. The van der Waals surface area contributed by atoms with Crippen LogP contribution in [0.4, 0.5) is 26.3 Å². The summed E-state index contributed by atoms with van der Waals surface area (Å²) in [6.07, 6.45) is 4.66. The number of benzene rings is 4. The Labute approximate surface area is 407 Å². The van der Waals surface area contributed by atoms with Gasteiger partial charge >= 0.3 is 39.0 Å². The Morgan fingerprint density at radius 3 is 1.50 bits per heavy atom. The molecule has 0 bridgehead atoms. The Balaban J connectivity index is 0.000000203. The molecule has 2 heterocycles. The second kappa shape index (κ2) is 25.6. The van der Waals surface area contributed by atoms with Crippen LogP contribution in [0.1, 0.15) is 112 Å². The third-order valence-corrected chi connectivity index (χ3v) is 13.6. The molecule has 2 saturated heterocycles. The van der Waals surface area contributed by atoms with Gasteiger partial charge in [-0.3, -0.25) is 9.59 Å². The molecule has 4 aromatic rings. The summed E-state index contributed by atoms with van der Waals surface area (Å²) in [6.45, 7) is 3.33. The van der Waals surface area contributed by atoms with E-state index >= 15 is 0 Å². The number of likely N-dealkylation sites (tertiary alicyclic amines) is 1. The van der Waals surface area contributed by atoms with Crippen molar-refractivity contribution in [1.82, 2.24) is 10.2 Å². The Morgan fingerprint density at radius 2 is 1.10 bits per heavy atom. The predicted molar refractivity (Wildman–Crippen MR) is 256 cm³/mol. The first-order valence-electron chi connectivity index (χ1n) is 23.0. The quantitative estimate of drug-likeness (QED) is 0.0827. The van der Waals surface area contributed by atoms with Crippen LogP contribution in [0.25, 0.3) is 0 Å². The maximum absolute atomic E-state index is 13.7. The molecule has 68 heavy (non-hydrogen) atoms. The summed E-state index contributed by atoms with van der Waals surface area (Å²) < 4.78 is 95.2. The fraction of sp³-hybridized carbons (Fsp3) is 0.480.